The molecule has 1 amide bonds. The van der Waals surface area contributed by atoms with Crippen molar-refractivity contribution in [2.75, 3.05) is 5.32 Å². The Morgan fingerprint density at radius 1 is 1.00 bits per heavy atom. The molecule has 0 aliphatic heterocycles. The number of aryl methyl sites for hydroxylation is 1. The molecule has 4 nitrogen and oxygen atoms in total. The SMILES string of the molecule is Cc1ccc(NC(=O)c2ccc(=O)n(Cc3ccc(Cl)c(Cl)c3)c2)cc1. The Bertz CT molecular complexity index is 1010. The summed E-state index contributed by atoms with van der Waals surface area (Å²) in [6.07, 6.45) is 1.54. The van der Waals surface area contributed by atoms with Gasteiger partial charge in [0.15, 0.2) is 0 Å². The molecule has 0 aliphatic carbocycles. The predicted octanol–water partition coefficient (Wildman–Crippen LogP) is 4.76. The number of pyridine rings is 1. The van der Waals surface area contributed by atoms with E-state index in [4.69, 9.17) is 23.2 Å². The molecular formula is C20H16Cl2N2O2. The molecule has 0 radical (unpaired) electrons. The van der Waals surface area contributed by atoms with Crippen molar-refractivity contribution in [2.45, 2.75) is 13.5 Å². The van der Waals surface area contributed by atoms with Crippen LogP contribution in [0.3, 0.4) is 0 Å². The highest BCUT2D eigenvalue weighted by atomic mass is 35.5. The molecule has 132 valence electrons. The molecular weight excluding hydrogens is 371 g/mol. The second-order valence-electron chi connectivity index (χ2n) is 5.95. The van der Waals surface area contributed by atoms with Crippen molar-refractivity contribution in [2.24, 2.45) is 0 Å². The molecule has 6 heteroatoms. The van der Waals surface area contributed by atoms with E-state index in [0.717, 1.165) is 11.1 Å². The molecule has 1 heterocycles. The molecule has 1 N–H and O–H groups in total. The monoisotopic (exact) mass is 386 g/mol. The summed E-state index contributed by atoms with van der Waals surface area (Å²) >= 11 is 11.9. The van der Waals surface area contributed by atoms with E-state index < -0.39 is 0 Å². The topological polar surface area (TPSA) is 51.1 Å². The average molecular weight is 387 g/mol. The normalized spacial score (nSPS) is 10.6. The molecule has 2 aromatic carbocycles. The van der Waals surface area contributed by atoms with Gasteiger partial charge in [0.1, 0.15) is 0 Å². The lowest BCUT2D eigenvalue weighted by molar-refractivity contribution is 0.102. The Labute approximate surface area is 161 Å². The fourth-order valence-electron chi connectivity index (χ4n) is 2.46. The number of rotatable bonds is 4. The number of nitrogens with one attached hydrogen (secondary N) is 1. The van der Waals surface area contributed by atoms with Crippen molar-refractivity contribution >= 4 is 34.8 Å². The second-order valence-corrected chi connectivity index (χ2v) is 6.77. The van der Waals surface area contributed by atoms with Gasteiger partial charge < -0.3 is 9.88 Å². The molecule has 0 saturated heterocycles. The van der Waals surface area contributed by atoms with Gasteiger partial charge in [-0.2, -0.15) is 0 Å². The van der Waals surface area contributed by atoms with E-state index in [9.17, 15) is 9.59 Å². The molecule has 0 fully saturated rings. The zero-order chi connectivity index (χ0) is 18.7. The Morgan fingerprint density at radius 3 is 2.42 bits per heavy atom. The fourth-order valence-corrected chi connectivity index (χ4v) is 2.78. The highest BCUT2D eigenvalue weighted by Gasteiger charge is 2.09. The van der Waals surface area contributed by atoms with E-state index in [1.54, 1.807) is 18.2 Å². The number of hydrogen-bond donors (Lipinski definition) is 1. The van der Waals surface area contributed by atoms with E-state index in [1.165, 1.54) is 22.9 Å². The number of nitrogens with zero attached hydrogens (tertiary/aromatic N) is 1. The van der Waals surface area contributed by atoms with Crippen LogP contribution in [0.1, 0.15) is 21.5 Å². The van der Waals surface area contributed by atoms with Crippen molar-refractivity contribution in [3.05, 3.63) is 97.9 Å². The lowest BCUT2D eigenvalue weighted by Gasteiger charge is -2.10. The van der Waals surface area contributed by atoms with Crippen LogP contribution in [0.4, 0.5) is 5.69 Å². The number of benzene rings is 2. The van der Waals surface area contributed by atoms with Gasteiger partial charge in [0.25, 0.3) is 11.5 Å². The maximum absolute atomic E-state index is 12.4. The Hall–Kier alpha value is -2.56. The van der Waals surface area contributed by atoms with Crippen molar-refractivity contribution in [3.8, 4) is 0 Å². The number of hydrogen-bond acceptors (Lipinski definition) is 2. The highest BCUT2D eigenvalue weighted by Crippen LogP contribution is 2.22. The first-order valence-electron chi connectivity index (χ1n) is 7.95. The zero-order valence-corrected chi connectivity index (χ0v) is 15.5. The van der Waals surface area contributed by atoms with E-state index >= 15 is 0 Å². The minimum atomic E-state index is -0.281. The van der Waals surface area contributed by atoms with Gasteiger partial charge in [0.05, 0.1) is 22.2 Å². The second kappa shape index (κ2) is 7.77. The summed E-state index contributed by atoms with van der Waals surface area (Å²) in [5.74, 6) is -0.281. The quantitative estimate of drug-likeness (QED) is 0.702. The van der Waals surface area contributed by atoms with Crippen LogP contribution in [0.2, 0.25) is 10.0 Å². The van der Waals surface area contributed by atoms with Gasteiger partial charge in [-0.25, -0.2) is 0 Å². The maximum Gasteiger partial charge on any atom is 0.257 e. The lowest BCUT2D eigenvalue weighted by atomic mass is 10.2. The lowest BCUT2D eigenvalue weighted by Crippen LogP contribution is -2.22. The molecule has 1 aromatic heterocycles. The number of amides is 1. The van der Waals surface area contributed by atoms with Crippen LogP contribution in [0.5, 0.6) is 0 Å². The number of anilines is 1. The molecule has 0 atom stereocenters. The van der Waals surface area contributed by atoms with Gasteiger partial charge in [0, 0.05) is 18.0 Å². The van der Waals surface area contributed by atoms with Crippen LogP contribution in [0.25, 0.3) is 0 Å². The first-order chi connectivity index (χ1) is 12.4. The summed E-state index contributed by atoms with van der Waals surface area (Å²) in [5.41, 5.74) is 2.81. The van der Waals surface area contributed by atoms with Gasteiger partial charge in [-0.1, -0.05) is 47.0 Å². The summed E-state index contributed by atoms with van der Waals surface area (Å²) in [4.78, 5) is 24.6. The van der Waals surface area contributed by atoms with Crippen LogP contribution in [0.15, 0.2) is 65.6 Å². The average Bonchev–Trinajstić information content (AvgIpc) is 2.62. The van der Waals surface area contributed by atoms with Crippen LogP contribution in [-0.2, 0) is 6.54 Å². The maximum atomic E-state index is 12.4. The highest BCUT2D eigenvalue weighted by molar-refractivity contribution is 6.42. The molecule has 0 aliphatic rings. The number of carbonyl (C=O) groups excluding carboxylic acids is 1. The summed E-state index contributed by atoms with van der Waals surface area (Å²) in [7, 11) is 0. The molecule has 26 heavy (non-hydrogen) atoms. The first-order valence-corrected chi connectivity index (χ1v) is 8.70. The minimum Gasteiger partial charge on any atom is -0.322 e. The molecule has 0 bridgehead atoms. The Morgan fingerprint density at radius 2 is 1.73 bits per heavy atom. The third kappa shape index (κ3) is 4.34. The zero-order valence-electron chi connectivity index (χ0n) is 14.0. The number of halogens is 2. The van der Waals surface area contributed by atoms with E-state index in [1.807, 2.05) is 31.2 Å². The van der Waals surface area contributed by atoms with E-state index in [2.05, 4.69) is 5.32 Å². The van der Waals surface area contributed by atoms with Crippen LogP contribution >= 0.6 is 23.2 Å². The summed E-state index contributed by atoms with van der Waals surface area (Å²) in [6.45, 7) is 2.27. The van der Waals surface area contributed by atoms with Gasteiger partial charge in [-0.15, -0.1) is 0 Å². The molecule has 3 rings (SSSR count). The van der Waals surface area contributed by atoms with Gasteiger partial charge in [-0.05, 0) is 42.8 Å². The molecule has 0 spiro atoms. The number of aromatic nitrogens is 1. The van der Waals surface area contributed by atoms with Crippen LogP contribution in [-0.4, -0.2) is 10.5 Å². The van der Waals surface area contributed by atoms with Crippen molar-refractivity contribution in [3.63, 3.8) is 0 Å². The summed E-state index contributed by atoms with van der Waals surface area (Å²) in [6, 6.07) is 15.6. The molecule has 3 aromatic rings. The third-order valence-corrected chi connectivity index (χ3v) is 4.63. The predicted molar refractivity (Wildman–Crippen MR) is 105 cm³/mol. The Balaban J connectivity index is 1.82. The Kier molecular flexibility index (Phi) is 5.45. The largest absolute Gasteiger partial charge is 0.322 e. The molecule has 0 unspecified atom stereocenters. The van der Waals surface area contributed by atoms with Crippen molar-refractivity contribution < 1.29 is 4.79 Å². The smallest absolute Gasteiger partial charge is 0.257 e. The van der Waals surface area contributed by atoms with Crippen LogP contribution < -0.4 is 10.9 Å². The summed E-state index contributed by atoms with van der Waals surface area (Å²) < 4.78 is 1.46. The third-order valence-electron chi connectivity index (χ3n) is 3.89. The van der Waals surface area contributed by atoms with Crippen molar-refractivity contribution in [1.82, 2.24) is 4.57 Å². The standard InChI is InChI=1S/C20H16Cl2N2O2/c1-13-2-6-16(7-3-13)23-20(26)15-5-9-19(25)24(12-15)11-14-4-8-17(21)18(22)10-14/h2-10,12H,11H2,1H3,(H,23,26). The summed E-state index contributed by atoms with van der Waals surface area (Å²) in [5, 5.41) is 3.69. The fraction of sp³-hybridized carbons (Fsp3) is 0.100. The van der Waals surface area contributed by atoms with Gasteiger partial charge >= 0.3 is 0 Å². The minimum absolute atomic E-state index is 0.206. The van der Waals surface area contributed by atoms with Crippen LogP contribution in [0, 0.1) is 6.92 Å². The van der Waals surface area contributed by atoms with E-state index in [0.29, 0.717) is 27.8 Å². The molecule has 0 saturated carbocycles. The van der Waals surface area contributed by atoms with Gasteiger partial charge in [-0.3, -0.25) is 9.59 Å². The number of carbonyl (C=O) groups is 1. The van der Waals surface area contributed by atoms with Gasteiger partial charge in [0.2, 0.25) is 0 Å². The van der Waals surface area contributed by atoms with Crippen molar-refractivity contribution in [1.29, 1.82) is 0 Å². The van der Waals surface area contributed by atoms with E-state index in [-0.39, 0.29) is 11.5 Å². The first kappa shape index (κ1) is 18.2.